The molecular formula is C30H42FN3O4. The van der Waals surface area contributed by atoms with Gasteiger partial charge in [-0.1, -0.05) is 38.5 Å². The number of amides is 2. The number of aryl methyl sites for hydroxylation is 1. The Kier molecular flexibility index (Phi) is 9.80. The van der Waals surface area contributed by atoms with Crippen LogP contribution in [0.5, 0.6) is 0 Å². The smallest absolute Gasteiger partial charge is 0.306 e. The lowest BCUT2D eigenvalue weighted by atomic mass is 9.89. The minimum absolute atomic E-state index is 0.000624. The predicted octanol–water partition coefficient (Wildman–Crippen LogP) is 5.04. The van der Waals surface area contributed by atoms with Crippen molar-refractivity contribution in [1.82, 2.24) is 15.2 Å². The molecule has 2 aliphatic rings. The van der Waals surface area contributed by atoms with Crippen molar-refractivity contribution in [3.63, 3.8) is 0 Å². The van der Waals surface area contributed by atoms with Crippen molar-refractivity contribution in [2.75, 3.05) is 6.54 Å². The number of nitrogens with one attached hydrogen (secondary N) is 2. The van der Waals surface area contributed by atoms with E-state index in [1.165, 1.54) is 12.1 Å². The predicted molar refractivity (Wildman–Crippen MR) is 145 cm³/mol. The zero-order chi connectivity index (χ0) is 27.1. The van der Waals surface area contributed by atoms with Gasteiger partial charge in [-0.2, -0.15) is 0 Å². The summed E-state index contributed by atoms with van der Waals surface area (Å²) in [5.41, 5.74) is 1.75. The molecule has 2 heterocycles. The number of benzene rings is 1. The molecule has 2 bridgehead atoms. The molecule has 7 nitrogen and oxygen atoms in total. The third-order valence-electron chi connectivity index (χ3n) is 7.85. The van der Waals surface area contributed by atoms with Gasteiger partial charge in [0.05, 0.1) is 12.5 Å². The molecule has 1 aromatic carbocycles. The minimum Gasteiger partial charge on any atom is -0.463 e. The van der Waals surface area contributed by atoms with Crippen LogP contribution in [0.3, 0.4) is 0 Å². The summed E-state index contributed by atoms with van der Waals surface area (Å²) >= 11 is 0. The average Bonchev–Trinajstić information content (AvgIpc) is 3.49. The Labute approximate surface area is 224 Å². The molecule has 208 valence electrons. The first-order valence-electron chi connectivity index (χ1n) is 14.3. The van der Waals surface area contributed by atoms with Gasteiger partial charge in [-0.3, -0.25) is 14.4 Å². The van der Waals surface area contributed by atoms with Gasteiger partial charge in [0.2, 0.25) is 11.8 Å². The molecule has 2 aromatic rings. The first kappa shape index (κ1) is 28.1. The summed E-state index contributed by atoms with van der Waals surface area (Å²) in [6.45, 7) is 4.95. The highest BCUT2D eigenvalue weighted by Crippen LogP contribution is 2.32. The standard InChI is InChI=1S/C30H42FN3O4/c1-20(2)38-28(35)17-22(15-21-9-5-6-10-21)29(36)33-26-16-23-19-34(27-12-11-24(31)18-25(23)27)14-8-4-3-7-13-32-30(26)37/h11-12,18-22,26H,3-10,13-17H2,1-2H3,(H,32,37)(H,33,36)/t22-,26+/m1/s1. The normalized spacial score (nSPS) is 20.3. The highest BCUT2D eigenvalue weighted by atomic mass is 19.1. The highest BCUT2D eigenvalue weighted by molar-refractivity contribution is 5.91. The van der Waals surface area contributed by atoms with E-state index in [0.29, 0.717) is 18.9 Å². The number of halogens is 1. The highest BCUT2D eigenvalue weighted by Gasteiger charge is 2.31. The Morgan fingerprint density at radius 1 is 1.13 bits per heavy atom. The molecule has 2 N–H and O–H groups in total. The third-order valence-corrected chi connectivity index (χ3v) is 7.85. The van der Waals surface area contributed by atoms with Gasteiger partial charge in [0.15, 0.2) is 0 Å². The van der Waals surface area contributed by atoms with Gasteiger partial charge in [0, 0.05) is 42.5 Å². The number of rotatable bonds is 7. The second kappa shape index (κ2) is 13.3. The first-order valence-corrected chi connectivity index (χ1v) is 14.3. The Morgan fingerprint density at radius 2 is 1.89 bits per heavy atom. The zero-order valence-electron chi connectivity index (χ0n) is 22.8. The molecule has 2 atom stereocenters. The van der Waals surface area contributed by atoms with Crippen molar-refractivity contribution < 1.29 is 23.5 Å². The molecule has 0 saturated heterocycles. The van der Waals surface area contributed by atoms with E-state index in [1.54, 1.807) is 19.9 Å². The first-order chi connectivity index (χ1) is 18.3. The van der Waals surface area contributed by atoms with E-state index >= 15 is 0 Å². The van der Waals surface area contributed by atoms with Gasteiger partial charge in [0.1, 0.15) is 11.9 Å². The van der Waals surface area contributed by atoms with Crippen LogP contribution in [0.4, 0.5) is 4.39 Å². The zero-order valence-corrected chi connectivity index (χ0v) is 22.8. The summed E-state index contributed by atoms with van der Waals surface area (Å²) in [5, 5.41) is 6.74. The van der Waals surface area contributed by atoms with Crippen molar-refractivity contribution in [3.8, 4) is 0 Å². The van der Waals surface area contributed by atoms with Crippen LogP contribution in [-0.4, -0.2) is 41.0 Å². The number of carbonyl (C=O) groups excluding carboxylic acids is 3. The number of fused-ring (bicyclic) bond motifs is 5. The van der Waals surface area contributed by atoms with Crippen LogP contribution in [0.2, 0.25) is 0 Å². The van der Waals surface area contributed by atoms with E-state index in [0.717, 1.165) is 74.4 Å². The van der Waals surface area contributed by atoms with Gasteiger partial charge in [-0.05, 0) is 62.8 Å². The summed E-state index contributed by atoms with van der Waals surface area (Å²) in [6.07, 6.45) is 10.9. The van der Waals surface area contributed by atoms with E-state index in [2.05, 4.69) is 15.2 Å². The van der Waals surface area contributed by atoms with Crippen molar-refractivity contribution >= 4 is 28.7 Å². The number of ether oxygens (including phenoxy) is 1. The summed E-state index contributed by atoms with van der Waals surface area (Å²) in [4.78, 5) is 39.4. The number of carbonyl (C=O) groups is 3. The van der Waals surface area contributed by atoms with Gasteiger partial charge in [0.25, 0.3) is 0 Å². The summed E-state index contributed by atoms with van der Waals surface area (Å²) in [5.74, 6) is -1.43. The maximum absolute atomic E-state index is 14.2. The Hall–Kier alpha value is -2.90. The lowest BCUT2D eigenvalue weighted by Gasteiger charge is -2.24. The minimum atomic E-state index is -0.822. The third kappa shape index (κ3) is 7.58. The molecule has 1 saturated carbocycles. The maximum atomic E-state index is 14.2. The fraction of sp³-hybridized carbons (Fsp3) is 0.633. The Balaban J connectivity index is 1.58. The number of aromatic nitrogens is 1. The van der Waals surface area contributed by atoms with Crippen molar-refractivity contribution in [2.24, 2.45) is 11.8 Å². The monoisotopic (exact) mass is 527 g/mol. The molecule has 0 radical (unpaired) electrons. The van der Waals surface area contributed by atoms with Gasteiger partial charge in [-0.25, -0.2) is 4.39 Å². The van der Waals surface area contributed by atoms with Crippen molar-refractivity contribution in [1.29, 1.82) is 0 Å². The second-order valence-corrected chi connectivity index (χ2v) is 11.3. The van der Waals surface area contributed by atoms with Crippen LogP contribution < -0.4 is 10.6 Å². The van der Waals surface area contributed by atoms with Crippen LogP contribution in [-0.2, 0) is 32.1 Å². The van der Waals surface area contributed by atoms with Crippen LogP contribution in [0.25, 0.3) is 10.9 Å². The fourth-order valence-electron chi connectivity index (χ4n) is 5.95. The van der Waals surface area contributed by atoms with Crippen molar-refractivity contribution in [2.45, 2.75) is 103 Å². The molecule has 8 heteroatoms. The van der Waals surface area contributed by atoms with Gasteiger partial charge >= 0.3 is 5.97 Å². The molecule has 1 aromatic heterocycles. The van der Waals surface area contributed by atoms with E-state index < -0.39 is 17.9 Å². The lowest BCUT2D eigenvalue weighted by molar-refractivity contribution is -0.150. The van der Waals surface area contributed by atoms with Gasteiger partial charge in [-0.15, -0.1) is 0 Å². The summed E-state index contributed by atoms with van der Waals surface area (Å²) < 4.78 is 21.7. The summed E-state index contributed by atoms with van der Waals surface area (Å²) in [6, 6.07) is 3.93. The van der Waals surface area contributed by atoms with Crippen molar-refractivity contribution in [3.05, 3.63) is 35.8 Å². The molecule has 38 heavy (non-hydrogen) atoms. The summed E-state index contributed by atoms with van der Waals surface area (Å²) in [7, 11) is 0. The van der Waals surface area contributed by atoms with E-state index in [-0.39, 0.29) is 36.6 Å². The van der Waals surface area contributed by atoms with Crippen LogP contribution >= 0.6 is 0 Å². The second-order valence-electron chi connectivity index (χ2n) is 11.3. The number of hydrogen-bond donors (Lipinski definition) is 2. The topological polar surface area (TPSA) is 89.4 Å². The van der Waals surface area contributed by atoms with E-state index in [1.807, 2.05) is 6.20 Å². The van der Waals surface area contributed by atoms with Gasteiger partial charge < -0.3 is 19.9 Å². The molecule has 1 aliphatic heterocycles. The molecule has 4 rings (SSSR count). The van der Waals surface area contributed by atoms with Crippen LogP contribution in [0.1, 0.15) is 83.6 Å². The Morgan fingerprint density at radius 3 is 2.66 bits per heavy atom. The number of nitrogens with zero attached hydrogens (tertiary/aromatic N) is 1. The van der Waals surface area contributed by atoms with Crippen LogP contribution in [0.15, 0.2) is 24.4 Å². The molecule has 2 amide bonds. The quantitative estimate of drug-likeness (QED) is 0.494. The lowest BCUT2D eigenvalue weighted by Crippen LogP contribution is -2.50. The molecule has 1 aliphatic carbocycles. The van der Waals surface area contributed by atoms with E-state index in [4.69, 9.17) is 4.74 Å². The van der Waals surface area contributed by atoms with E-state index in [9.17, 15) is 18.8 Å². The molecule has 0 unspecified atom stereocenters. The maximum Gasteiger partial charge on any atom is 0.306 e. The molecule has 1 fully saturated rings. The Bertz CT molecular complexity index is 1120. The number of esters is 1. The SMILES string of the molecule is CC(C)OC(=O)C[C@@H](CC1CCCC1)C(=O)N[C@H]1Cc2cn(c3ccc(F)cc23)CCCCCCNC1=O. The van der Waals surface area contributed by atoms with Crippen LogP contribution in [0, 0.1) is 17.7 Å². The molecule has 0 spiro atoms. The largest absolute Gasteiger partial charge is 0.463 e. The fourth-order valence-corrected chi connectivity index (χ4v) is 5.95. The molecular weight excluding hydrogens is 485 g/mol. The number of hydrogen-bond acceptors (Lipinski definition) is 4. The average molecular weight is 528 g/mol.